The first-order valence-corrected chi connectivity index (χ1v) is 9.52. The van der Waals surface area contributed by atoms with Crippen LogP contribution >= 0.6 is 0 Å². The number of hydrogen-bond donors (Lipinski definition) is 1. The molecule has 6 nitrogen and oxygen atoms in total. The van der Waals surface area contributed by atoms with E-state index in [-0.39, 0.29) is 41.5 Å². The smallest absolute Gasteiger partial charge is 0.335 e. The molecule has 1 aromatic rings. The van der Waals surface area contributed by atoms with Crippen molar-refractivity contribution >= 4 is 21.7 Å². The molecule has 1 amide bonds. The maximum absolute atomic E-state index is 12.7. The molecule has 2 fully saturated rings. The summed E-state index contributed by atoms with van der Waals surface area (Å²) in [5, 5.41) is 9.21. The number of carbonyl (C=O) groups excluding carboxylic acids is 1. The SMILES string of the molecule is O=C(O)c1ccccc1CC(=O)N(C1CC1)C1CCS(=O)(=O)C1. The third-order valence-corrected chi connectivity index (χ3v) is 6.17. The van der Waals surface area contributed by atoms with E-state index in [2.05, 4.69) is 0 Å². The molecule has 1 atom stereocenters. The highest BCUT2D eigenvalue weighted by Crippen LogP contribution is 2.33. The van der Waals surface area contributed by atoms with Crippen LogP contribution in [0, 0.1) is 0 Å². The highest BCUT2D eigenvalue weighted by atomic mass is 32.2. The molecule has 0 spiro atoms. The minimum Gasteiger partial charge on any atom is -0.478 e. The average molecular weight is 337 g/mol. The molecule has 1 aliphatic carbocycles. The largest absolute Gasteiger partial charge is 0.478 e. The molecule has 3 rings (SSSR count). The van der Waals surface area contributed by atoms with Crippen LogP contribution in [0.2, 0.25) is 0 Å². The second kappa shape index (κ2) is 5.96. The minimum atomic E-state index is -3.06. The summed E-state index contributed by atoms with van der Waals surface area (Å²) in [6, 6.07) is 6.29. The molecule has 1 saturated heterocycles. The van der Waals surface area contributed by atoms with Gasteiger partial charge in [0.15, 0.2) is 9.84 Å². The van der Waals surface area contributed by atoms with Crippen LogP contribution in [-0.2, 0) is 21.1 Å². The predicted molar refractivity (Wildman–Crippen MR) is 84.0 cm³/mol. The lowest BCUT2D eigenvalue weighted by Crippen LogP contribution is -2.43. The van der Waals surface area contributed by atoms with E-state index in [1.165, 1.54) is 6.07 Å². The van der Waals surface area contributed by atoms with Gasteiger partial charge in [-0.25, -0.2) is 13.2 Å². The topological polar surface area (TPSA) is 91.8 Å². The van der Waals surface area contributed by atoms with Crippen LogP contribution in [0.3, 0.4) is 0 Å². The van der Waals surface area contributed by atoms with Gasteiger partial charge in [-0.1, -0.05) is 18.2 Å². The van der Waals surface area contributed by atoms with Crippen molar-refractivity contribution in [3.8, 4) is 0 Å². The van der Waals surface area contributed by atoms with Crippen molar-refractivity contribution < 1.29 is 23.1 Å². The first kappa shape index (κ1) is 16.0. The summed E-state index contributed by atoms with van der Waals surface area (Å²) in [4.78, 5) is 25.7. The highest BCUT2D eigenvalue weighted by Gasteiger charge is 2.42. The molecule has 1 N–H and O–H groups in total. The van der Waals surface area contributed by atoms with Crippen molar-refractivity contribution in [2.75, 3.05) is 11.5 Å². The van der Waals surface area contributed by atoms with Crippen LogP contribution in [0.1, 0.15) is 35.2 Å². The molecule has 0 bridgehead atoms. The number of sulfone groups is 1. The number of amides is 1. The Morgan fingerprint density at radius 2 is 1.83 bits per heavy atom. The Kier molecular flexibility index (Phi) is 4.14. The Morgan fingerprint density at radius 3 is 2.39 bits per heavy atom. The summed E-state index contributed by atoms with van der Waals surface area (Å²) in [7, 11) is -3.06. The molecular formula is C16H19NO5S. The maximum Gasteiger partial charge on any atom is 0.335 e. The van der Waals surface area contributed by atoms with Crippen LogP contribution < -0.4 is 0 Å². The third kappa shape index (κ3) is 3.55. The number of hydrogen-bond acceptors (Lipinski definition) is 4. The summed E-state index contributed by atoms with van der Waals surface area (Å²) in [6.45, 7) is 0. The number of benzene rings is 1. The summed E-state index contributed by atoms with van der Waals surface area (Å²) in [5.41, 5.74) is 0.590. The van der Waals surface area contributed by atoms with Gasteiger partial charge in [0.2, 0.25) is 5.91 Å². The average Bonchev–Trinajstić information content (AvgIpc) is 3.23. The van der Waals surface area contributed by atoms with Gasteiger partial charge in [-0.3, -0.25) is 4.79 Å². The second-order valence-corrected chi connectivity index (χ2v) is 8.46. The van der Waals surface area contributed by atoms with Gasteiger partial charge in [-0.15, -0.1) is 0 Å². The zero-order chi connectivity index (χ0) is 16.6. The van der Waals surface area contributed by atoms with Crippen LogP contribution in [-0.4, -0.2) is 53.9 Å². The lowest BCUT2D eigenvalue weighted by atomic mass is 10.0. The van der Waals surface area contributed by atoms with Gasteiger partial charge in [0.1, 0.15) is 0 Å². The molecule has 124 valence electrons. The molecule has 1 aromatic carbocycles. The van der Waals surface area contributed by atoms with Crippen LogP contribution in [0.15, 0.2) is 24.3 Å². The molecule has 23 heavy (non-hydrogen) atoms. The molecule has 1 heterocycles. The van der Waals surface area contributed by atoms with Gasteiger partial charge in [0.05, 0.1) is 23.5 Å². The van der Waals surface area contributed by atoms with Crippen molar-refractivity contribution in [2.24, 2.45) is 0 Å². The first-order valence-electron chi connectivity index (χ1n) is 7.70. The van der Waals surface area contributed by atoms with Crippen LogP contribution in [0.25, 0.3) is 0 Å². The Morgan fingerprint density at radius 1 is 1.13 bits per heavy atom. The normalized spacial score (nSPS) is 22.7. The summed E-state index contributed by atoms with van der Waals surface area (Å²) in [6.07, 6.45) is 2.26. The fraction of sp³-hybridized carbons (Fsp3) is 0.500. The molecule has 2 aliphatic rings. The van der Waals surface area contributed by atoms with Crippen molar-refractivity contribution in [1.82, 2.24) is 4.90 Å². The van der Waals surface area contributed by atoms with Gasteiger partial charge in [0, 0.05) is 12.1 Å². The Balaban J connectivity index is 1.79. The Hall–Kier alpha value is -1.89. The van der Waals surface area contributed by atoms with E-state index in [1.54, 1.807) is 23.1 Å². The van der Waals surface area contributed by atoms with Gasteiger partial charge in [0.25, 0.3) is 0 Å². The number of carboxylic acid groups (broad SMARTS) is 1. The Bertz CT molecular complexity index is 739. The van der Waals surface area contributed by atoms with Crippen LogP contribution in [0.5, 0.6) is 0 Å². The van der Waals surface area contributed by atoms with Crippen molar-refractivity contribution in [3.63, 3.8) is 0 Å². The summed E-state index contributed by atoms with van der Waals surface area (Å²) in [5.74, 6) is -1.09. The number of aromatic carboxylic acids is 1. The van der Waals surface area contributed by atoms with E-state index in [1.807, 2.05) is 0 Å². The van der Waals surface area contributed by atoms with Gasteiger partial charge < -0.3 is 10.0 Å². The monoisotopic (exact) mass is 337 g/mol. The standard InChI is InChI=1S/C16H19NO5S/c18-15(9-11-3-1-2-4-14(11)16(19)20)17(12-5-6-12)13-7-8-23(21,22)10-13/h1-4,12-13H,5-10H2,(H,19,20). The molecule has 1 saturated carbocycles. The predicted octanol–water partition coefficient (Wildman–Crippen LogP) is 1.11. The molecule has 0 radical (unpaired) electrons. The van der Waals surface area contributed by atoms with Crippen molar-refractivity contribution in [1.29, 1.82) is 0 Å². The molecule has 7 heteroatoms. The second-order valence-electron chi connectivity index (χ2n) is 6.23. The fourth-order valence-electron chi connectivity index (χ4n) is 3.19. The molecule has 0 aromatic heterocycles. The molecule has 1 unspecified atom stereocenters. The van der Waals surface area contributed by atoms with E-state index >= 15 is 0 Å². The third-order valence-electron chi connectivity index (χ3n) is 4.42. The quantitative estimate of drug-likeness (QED) is 0.869. The van der Waals surface area contributed by atoms with E-state index in [0.29, 0.717) is 12.0 Å². The molecule has 1 aliphatic heterocycles. The van der Waals surface area contributed by atoms with E-state index in [4.69, 9.17) is 0 Å². The summed E-state index contributed by atoms with van der Waals surface area (Å²) < 4.78 is 23.4. The van der Waals surface area contributed by atoms with Gasteiger partial charge in [-0.2, -0.15) is 0 Å². The zero-order valence-corrected chi connectivity index (χ0v) is 13.5. The van der Waals surface area contributed by atoms with Crippen molar-refractivity contribution in [3.05, 3.63) is 35.4 Å². The van der Waals surface area contributed by atoms with Gasteiger partial charge in [-0.05, 0) is 30.9 Å². The van der Waals surface area contributed by atoms with Crippen molar-refractivity contribution in [2.45, 2.75) is 37.8 Å². The fourth-order valence-corrected chi connectivity index (χ4v) is 4.90. The lowest BCUT2D eigenvalue weighted by molar-refractivity contribution is -0.133. The Labute approximate surface area is 135 Å². The molecular weight excluding hydrogens is 318 g/mol. The first-order chi connectivity index (χ1) is 10.9. The number of nitrogens with zero attached hydrogens (tertiary/aromatic N) is 1. The van der Waals surface area contributed by atoms with E-state index in [0.717, 1.165) is 12.8 Å². The number of carboxylic acids is 1. The summed E-state index contributed by atoms with van der Waals surface area (Å²) >= 11 is 0. The maximum atomic E-state index is 12.7. The van der Waals surface area contributed by atoms with Crippen LogP contribution in [0.4, 0.5) is 0 Å². The zero-order valence-electron chi connectivity index (χ0n) is 12.6. The van der Waals surface area contributed by atoms with E-state index in [9.17, 15) is 23.1 Å². The highest BCUT2D eigenvalue weighted by molar-refractivity contribution is 7.91. The van der Waals surface area contributed by atoms with E-state index < -0.39 is 15.8 Å². The van der Waals surface area contributed by atoms with Gasteiger partial charge >= 0.3 is 5.97 Å². The number of rotatable bonds is 5. The number of carbonyl (C=O) groups is 2. The minimum absolute atomic E-state index is 0.00444. The lowest BCUT2D eigenvalue weighted by Gasteiger charge is -2.28.